The van der Waals surface area contributed by atoms with Crippen LogP contribution in [-0.4, -0.2) is 8.07 Å². The predicted molar refractivity (Wildman–Crippen MR) is 52.3 cm³/mol. The Kier molecular flexibility index (Phi) is 2.23. The van der Waals surface area contributed by atoms with Crippen LogP contribution in [0.25, 0.3) is 0 Å². The summed E-state index contributed by atoms with van der Waals surface area (Å²) in [5.41, 5.74) is 0. The van der Waals surface area contributed by atoms with Gasteiger partial charge in [0.15, 0.2) is 0 Å². The van der Waals surface area contributed by atoms with Crippen molar-refractivity contribution >= 4 is 35.5 Å². The Bertz CT molecular complexity index is 224. The van der Waals surface area contributed by atoms with Crippen LogP contribution >= 0.6 is 22.9 Å². The molecule has 0 fully saturated rings. The van der Waals surface area contributed by atoms with Crippen LogP contribution in [0.3, 0.4) is 0 Å². The summed E-state index contributed by atoms with van der Waals surface area (Å²) in [7, 11) is -1.14. The molecule has 0 spiro atoms. The first-order valence-electron chi connectivity index (χ1n) is 3.25. The van der Waals surface area contributed by atoms with Gasteiger partial charge in [-0.05, 0) is 11.4 Å². The van der Waals surface area contributed by atoms with Gasteiger partial charge in [-0.1, -0.05) is 31.2 Å². The van der Waals surface area contributed by atoms with Gasteiger partial charge in [0.1, 0.15) is 0 Å². The van der Waals surface area contributed by atoms with E-state index in [1.54, 1.807) is 11.3 Å². The number of rotatable bonds is 1. The maximum absolute atomic E-state index is 5.97. The molecule has 0 unspecified atom stereocenters. The summed E-state index contributed by atoms with van der Waals surface area (Å²) < 4.78 is 1.41. The van der Waals surface area contributed by atoms with Crippen LogP contribution < -0.4 is 4.50 Å². The number of thiophene rings is 1. The Morgan fingerprint density at radius 2 is 2.00 bits per heavy atom. The molecular weight excluding hydrogens is 180 g/mol. The van der Waals surface area contributed by atoms with Gasteiger partial charge in [-0.25, -0.2) is 0 Å². The molecule has 1 heterocycles. The first kappa shape index (κ1) is 8.30. The molecule has 1 aromatic rings. The van der Waals surface area contributed by atoms with Crippen LogP contribution in [-0.2, 0) is 0 Å². The van der Waals surface area contributed by atoms with E-state index in [4.69, 9.17) is 11.6 Å². The predicted octanol–water partition coefficient (Wildman–Crippen LogP) is 2.95. The lowest BCUT2D eigenvalue weighted by Gasteiger charge is -2.13. The second kappa shape index (κ2) is 2.68. The van der Waals surface area contributed by atoms with Gasteiger partial charge in [-0.3, -0.25) is 0 Å². The molecule has 0 aliphatic heterocycles. The van der Waals surface area contributed by atoms with Crippen LogP contribution in [0.4, 0.5) is 0 Å². The summed E-state index contributed by atoms with van der Waals surface area (Å²) in [4.78, 5) is 0. The average Bonchev–Trinajstić information content (AvgIpc) is 2.11. The topological polar surface area (TPSA) is 0 Å². The molecule has 0 aromatic carbocycles. The molecular formula is C7H11ClSSi. The van der Waals surface area contributed by atoms with Gasteiger partial charge in [0.2, 0.25) is 0 Å². The van der Waals surface area contributed by atoms with Crippen LogP contribution in [0.15, 0.2) is 11.4 Å². The van der Waals surface area contributed by atoms with Gasteiger partial charge in [0, 0.05) is 4.50 Å². The Balaban J connectivity index is 3.05. The minimum atomic E-state index is -1.14. The number of hydrogen-bond donors (Lipinski definition) is 0. The van der Waals surface area contributed by atoms with Crippen LogP contribution in [0.5, 0.6) is 0 Å². The van der Waals surface area contributed by atoms with Crippen molar-refractivity contribution in [2.24, 2.45) is 0 Å². The fraction of sp³-hybridized carbons (Fsp3) is 0.429. The minimum Gasteiger partial charge on any atom is -0.152 e. The molecule has 0 aliphatic rings. The van der Waals surface area contributed by atoms with E-state index in [9.17, 15) is 0 Å². The number of halogens is 1. The Morgan fingerprint density at radius 1 is 1.40 bits per heavy atom. The number of hydrogen-bond acceptors (Lipinski definition) is 1. The highest BCUT2D eigenvalue weighted by Crippen LogP contribution is 2.16. The Hall–Kier alpha value is 0.207. The Morgan fingerprint density at radius 3 is 2.20 bits per heavy atom. The Labute approximate surface area is 71.9 Å². The summed E-state index contributed by atoms with van der Waals surface area (Å²) in [6.45, 7) is 6.93. The van der Waals surface area contributed by atoms with Gasteiger partial charge in [0.25, 0.3) is 0 Å². The third-order valence-corrected chi connectivity index (χ3v) is 6.43. The van der Waals surface area contributed by atoms with Crippen molar-refractivity contribution < 1.29 is 0 Å². The highest BCUT2D eigenvalue weighted by atomic mass is 35.5. The molecule has 0 aliphatic carbocycles. The van der Waals surface area contributed by atoms with Gasteiger partial charge in [0.05, 0.1) is 13.1 Å². The van der Waals surface area contributed by atoms with Crippen molar-refractivity contribution in [3.8, 4) is 0 Å². The van der Waals surface area contributed by atoms with E-state index in [0.717, 1.165) is 5.02 Å². The van der Waals surface area contributed by atoms with Crippen molar-refractivity contribution in [3.05, 3.63) is 16.5 Å². The maximum Gasteiger partial charge on any atom is 0.0923 e. The van der Waals surface area contributed by atoms with Crippen molar-refractivity contribution in [1.29, 1.82) is 0 Å². The molecule has 0 radical (unpaired) electrons. The molecule has 1 rings (SSSR count). The minimum absolute atomic E-state index is 0.962. The first-order valence-corrected chi connectivity index (χ1v) is 8.01. The fourth-order valence-corrected chi connectivity index (χ4v) is 4.89. The molecule has 0 saturated heterocycles. The smallest absolute Gasteiger partial charge is 0.0923 e. The second-order valence-corrected chi connectivity index (χ2v) is 10.0. The van der Waals surface area contributed by atoms with E-state index < -0.39 is 8.07 Å². The van der Waals surface area contributed by atoms with Crippen molar-refractivity contribution in [2.45, 2.75) is 19.6 Å². The molecule has 0 bridgehead atoms. The van der Waals surface area contributed by atoms with Crippen LogP contribution in [0, 0.1) is 0 Å². The third kappa shape index (κ3) is 1.62. The van der Waals surface area contributed by atoms with Gasteiger partial charge in [-0.15, -0.1) is 0 Å². The summed E-state index contributed by atoms with van der Waals surface area (Å²) in [6, 6.07) is 1.99. The third-order valence-electron chi connectivity index (χ3n) is 1.30. The molecule has 1 aromatic heterocycles. The fourth-order valence-electron chi connectivity index (χ4n) is 0.829. The quantitative estimate of drug-likeness (QED) is 0.598. The molecule has 0 amide bonds. The van der Waals surface area contributed by atoms with Crippen molar-refractivity contribution in [1.82, 2.24) is 0 Å². The van der Waals surface area contributed by atoms with Gasteiger partial charge in [-0.2, -0.15) is 11.3 Å². The van der Waals surface area contributed by atoms with Gasteiger partial charge >= 0.3 is 0 Å². The molecule has 0 saturated carbocycles. The zero-order chi connectivity index (χ0) is 7.78. The first-order chi connectivity index (χ1) is 4.52. The standard InChI is InChI=1S/C7H11ClSSi/c1-10(2,3)7-6(8)4-5-9-7/h4-5H,1-3H3. The molecule has 3 heteroatoms. The highest BCUT2D eigenvalue weighted by molar-refractivity contribution is 7.26. The molecule has 56 valence electrons. The van der Waals surface area contributed by atoms with E-state index in [1.807, 2.05) is 6.07 Å². The lowest BCUT2D eigenvalue weighted by molar-refractivity contribution is 1.79. The van der Waals surface area contributed by atoms with E-state index in [2.05, 4.69) is 25.0 Å². The summed E-state index contributed by atoms with van der Waals surface area (Å²) in [5.74, 6) is 0. The SMILES string of the molecule is C[Si](C)(C)c1sccc1Cl. The largest absolute Gasteiger partial charge is 0.152 e. The molecule has 0 N–H and O–H groups in total. The maximum atomic E-state index is 5.97. The molecule has 0 nitrogen and oxygen atoms in total. The summed E-state index contributed by atoms with van der Waals surface area (Å²) in [6.07, 6.45) is 0. The molecule has 10 heavy (non-hydrogen) atoms. The zero-order valence-corrected chi connectivity index (χ0v) is 9.01. The normalized spacial score (nSPS) is 12.0. The molecule has 0 atom stereocenters. The van der Waals surface area contributed by atoms with Gasteiger partial charge < -0.3 is 0 Å². The van der Waals surface area contributed by atoms with E-state index in [1.165, 1.54) is 4.50 Å². The van der Waals surface area contributed by atoms with E-state index >= 15 is 0 Å². The monoisotopic (exact) mass is 190 g/mol. The summed E-state index contributed by atoms with van der Waals surface area (Å²) >= 11 is 7.76. The highest BCUT2D eigenvalue weighted by Gasteiger charge is 2.20. The van der Waals surface area contributed by atoms with Crippen LogP contribution in [0.2, 0.25) is 24.7 Å². The van der Waals surface area contributed by atoms with Crippen molar-refractivity contribution in [2.75, 3.05) is 0 Å². The zero-order valence-electron chi connectivity index (χ0n) is 6.44. The lowest BCUT2D eigenvalue weighted by Crippen LogP contribution is -2.35. The van der Waals surface area contributed by atoms with E-state index in [-0.39, 0.29) is 0 Å². The van der Waals surface area contributed by atoms with E-state index in [0.29, 0.717) is 0 Å². The lowest BCUT2D eigenvalue weighted by atomic mass is 10.7. The summed E-state index contributed by atoms with van der Waals surface area (Å²) in [5, 5.41) is 3.03. The van der Waals surface area contributed by atoms with Crippen LogP contribution in [0.1, 0.15) is 0 Å². The average molecular weight is 191 g/mol. The second-order valence-electron chi connectivity index (χ2n) is 3.35. The van der Waals surface area contributed by atoms with Crippen molar-refractivity contribution in [3.63, 3.8) is 0 Å².